The SMILES string of the molecule is CCNCc1nc(Oc2cc(C)[nH]n2)ccc1Cl. The van der Waals surface area contributed by atoms with Gasteiger partial charge in [-0.2, -0.15) is 0 Å². The van der Waals surface area contributed by atoms with Crippen molar-refractivity contribution in [2.45, 2.75) is 20.4 Å². The number of nitrogens with one attached hydrogen (secondary N) is 2. The molecule has 0 atom stereocenters. The minimum atomic E-state index is 0.485. The summed E-state index contributed by atoms with van der Waals surface area (Å²) >= 11 is 6.06. The van der Waals surface area contributed by atoms with Gasteiger partial charge < -0.3 is 10.1 Å². The summed E-state index contributed by atoms with van der Waals surface area (Å²) in [5.41, 5.74) is 1.70. The van der Waals surface area contributed by atoms with Crippen LogP contribution in [0.1, 0.15) is 18.3 Å². The Bertz CT molecular complexity index is 527. The Morgan fingerprint density at radius 2 is 2.22 bits per heavy atom. The van der Waals surface area contributed by atoms with Crippen LogP contribution in [0, 0.1) is 6.92 Å². The van der Waals surface area contributed by atoms with Crippen LogP contribution in [0.2, 0.25) is 5.02 Å². The molecular weight excluding hydrogens is 252 g/mol. The van der Waals surface area contributed by atoms with E-state index < -0.39 is 0 Å². The molecule has 0 aliphatic rings. The van der Waals surface area contributed by atoms with Crippen LogP contribution in [0.3, 0.4) is 0 Å². The molecule has 2 aromatic heterocycles. The molecule has 0 fully saturated rings. The first kappa shape index (κ1) is 12.9. The largest absolute Gasteiger partial charge is 0.419 e. The summed E-state index contributed by atoms with van der Waals surface area (Å²) < 4.78 is 5.53. The Kier molecular flexibility index (Phi) is 4.17. The molecule has 0 radical (unpaired) electrons. The van der Waals surface area contributed by atoms with Gasteiger partial charge in [-0.3, -0.25) is 5.10 Å². The van der Waals surface area contributed by atoms with Gasteiger partial charge in [-0.25, -0.2) is 4.98 Å². The highest BCUT2D eigenvalue weighted by Gasteiger charge is 2.06. The standard InChI is InChI=1S/C12H15ClN4O/c1-3-14-7-10-9(13)4-5-11(15-10)18-12-6-8(2)16-17-12/h4-6,14H,3,7H2,1-2H3,(H,16,17). The van der Waals surface area contributed by atoms with Crippen LogP contribution in [0.5, 0.6) is 11.8 Å². The Morgan fingerprint density at radius 1 is 1.39 bits per heavy atom. The number of pyridine rings is 1. The van der Waals surface area contributed by atoms with Crippen LogP contribution >= 0.6 is 11.6 Å². The molecule has 2 N–H and O–H groups in total. The molecule has 0 spiro atoms. The summed E-state index contributed by atoms with van der Waals surface area (Å²) in [5.74, 6) is 0.982. The van der Waals surface area contributed by atoms with Crippen LogP contribution in [0.15, 0.2) is 18.2 Å². The molecule has 6 heteroatoms. The van der Waals surface area contributed by atoms with Gasteiger partial charge in [-0.15, -0.1) is 5.10 Å². The maximum atomic E-state index is 6.06. The highest BCUT2D eigenvalue weighted by Crippen LogP contribution is 2.22. The van der Waals surface area contributed by atoms with Crippen molar-refractivity contribution in [1.82, 2.24) is 20.5 Å². The Balaban J connectivity index is 2.13. The third-order valence-corrected chi connectivity index (χ3v) is 2.67. The molecule has 0 unspecified atom stereocenters. The normalized spacial score (nSPS) is 10.6. The molecular formula is C12H15ClN4O. The lowest BCUT2D eigenvalue weighted by Gasteiger charge is -2.06. The molecule has 0 saturated heterocycles. The van der Waals surface area contributed by atoms with Crippen LogP contribution in [0.25, 0.3) is 0 Å². The van der Waals surface area contributed by atoms with E-state index in [1.807, 2.05) is 13.8 Å². The smallest absolute Gasteiger partial charge is 0.240 e. The van der Waals surface area contributed by atoms with Gasteiger partial charge in [0.05, 0.1) is 10.7 Å². The van der Waals surface area contributed by atoms with Crippen molar-refractivity contribution in [2.24, 2.45) is 0 Å². The van der Waals surface area contributed by atoms with Crippen molar-refractivity contribution in [2.75, 3.05) is 6.54 Å². The molecule has 0 bridgehead atoms. The first-order valence-electron chi connectivity index (χ1n) is 5.75. The molecule has 18 heavy (non-hydrogen) atoms. The van der Waals surface area contributed by atoms with Crippen molar-refractivity contribution in [3.63, 3.8) is 0 Å². The van der Waals surface area contributed by atoms with E-state index >= 15 is 0 Å². The lowest BCUT2D eigenvalue weighted by atomic mass is 10.3. The van der Waals surface area contributed by atoms with E-state index in [1.165, 1.54) is 0 Å². The van der Waals surface area contributed by atoms with Crippen molar-refractivity contribution < 1.29 is 4.74 Å². The van der Waals surface area contributed by atoms with Crippen LogP contribution < -0.4 is 10.1 Å². The molecule has 2 aromatic rings. The number of aromatic amines is 1. The summed E-state index contributed by atoms with van der Waals surface area (Å²) in [5, 5.41) is 10.6. The lowest BCUT2D eigenvalue weighted by Crippen LogP contribution is -2.13. The van der Waals surface area contributed by atoms with Gasteiger partial charge in [0, 0.05) is 24.4 Å². The van der Waals surface area contributed by atoms with Crippen LogP contribution in [-0.2, 0) is 6.54 Å². The summed E-state index contributed by atoms with van der Waals surface area (Å²) in [6.07, 6.45) is 0. The van der Waals surface area contributed by atoms with Gasteiger partial charge in [0.1, 0.15) is 0 Å². The highest BCUT2D eigenvalue weighted by atomic mass is 35.5. The minimum Gasteiger partial charge on any atom is -0.419 e. The topological polar surface area (TPSA) is 62.8 Å². The monoisotopic (exact) mass is 266 g/mol. The molecule has 96 valence electrons. The summed E-state index contributed by atoms with van der Waals surface area (Å²) in [7, 11) is 0. The van der Waals surface area contributed by atoms with Gasteiger partial charge in [-0.05, 0) is 19.5 Å². The van der Waals surface area contributed by atoms with E-state index in [0.717, 1.165) is 17.9 Å². The zero-order valence-electron chi connectivity index (χ0n) is 10.3. The molecule has 2 rings (SSSR count). The van der Waals surface area contributed by atoms with Crippen molar-refractivity contribution in [1.29, 1.82) is 0 Å². The zero-order valence-corrected chi connectivity index (χ0v) is 11.1. The number of aryl methyl sites for hydroxylation is 1. The fourth-order valence-corrected chi connectivity index (χ4v) is 1.61. The zero-order chi connectivity index (χ0) is 13.0. The molecule has 0 amide bonds. The van der Waals surface area contributed by atoms with Crippen LogP contribution in [-0.4, -0.2) is 21.7 Å². The number of H-pyrrole nitrogens is 1. The van der Waals surface area contributed by atoms with Crippen molar-refractivity contribution in [3.05, 3.63) is 34.6 Å². The van der Waals surface area contributed by atoms with Gasteiger partial charge in [0.2, 0.25) is 11.8 Å². The molecule has 0 aliphatic carbocycles. The fraction of sp³-hybridized carbons (Fsp3) is 0.333. The third kappa shape index (κ3) is 3.21. The van der Waals surface area contributed by atoms with E-state index in [4.69, 9.17) is 16.3 Å². The van der Waals surface area contributed by atoms with Crippen molar-refractivity contribution in [3.8, 4) is 11.8 Å². The predicted octanol–water partition coefficient (Wildman–Crippen LogP) is 2.67. The summed E-state index contributed by atoms with van der Waals surface area (Å²) in [6, 6.07) is 5.30. The summed E-state index contributed by atoms with van der Waals surface area (Å²) in [4.78, 5) is 4.34. The van der Waals surface area contributed by atoms with Gasteiger partial charge in [0.15, 0.2) is 0 Å². The highest BCUT2D eigenvalue weighted by molar-refractivity contribution is 6.31. The number of hydrogen-bond acceptors (Lipinski definition) is 4. The Morgan fingerprint density at radius 3 is 2.89 bits per heavy atom. The van der Waals surface area contributed by atoms with Gasteiger partial charge in [-0.1, -0.05) is 18.5 Å². The van der Waals surface area contributed by atoms with Gasteiger partial charge in [0.25, 0.3) is 0 Å². The van der Waals surface area contributed by atoms with Crippen molar-refractivity contribution >= 4 is 11.6 Å². The number of aromatic nitrogens is 3. The first-order valence-corrected chi connectivity index (χ1v) is 6.13. The first-order chi connectivity index (χ1) is 8.69. The Hall–Kier alpha value is -1.59. The summed E-state index contributed by atoms with van der Waals surface area (Å²) in [6.45, 7) is 5.42. The van der Waals surface area contributed by atoms with E-state index in [0.29, 0.717) is 23.3 Å². The molecule has 0 saturated carbocycles. The molecule has 0 aliphatic heterocycles. The third-order valence-electron chi connectivity index (χ3n) is 2.33. The number of halogens is 1. The number of nitrogens with zero attached hydrogens (tertiary/aromatic N) is 2. The predicted molar refractivity (Wildman–Crippen MR) is 70.0 cm³/mol. The van der Waals surface area contributed by atoms with Gasteiger partial charge >= 0.3 is 0 Å². The Labute approximate surface area is 111 Å². The fourth-order valence-electron chi connectivity index (χ4n) is 1.44. The quantitative estimate of drug-likeness (QED) is 0.873. The number of ether oxygens (including phenoxy) is 1. The van der Waals surface area contributed by atoms with E-state index in [-0.39, 0.29) is 0 Å². The molecule has 2 heterocycles. The number of rotatable bonds is 5. The van der Waals surface area contributed by atoms with Crippen LogP contribution in [0.4, 0.5) is 0 Å². The second-order valence-corrected chi connectivity index (χ2v) is 4.26. The van der Waals surface area contributed by atoms with E-state index in [1.54, 1.807) is 18.2 Å². The second-order valence-electron chi connectivity index (χ2n) is 3.85. The second kappa shape index (κ2) is 5.84. The van der Waals surface area contributed by atoms with E-state index in [2.05, 4.69) is 20.5 Å². The van der Waals surface area contributed by atoms with E-state index in [9.17, 15) is 0 Å². The minimum absolute atomic E-state index is 0.485. The maximum Gasteiger partial charge on any atom is 0.240 e. The average molecular weight is 267 g/mol. The number of hydrogen-bond donors (Lipinski definition) is 2. The molecule has 0 aromatic carbocycles. The maximum absolute atomic E-state index is 6.06. The lowest BCUT2D eigenvalue weighted by molar-refractivity contribution is 0.441. The average Bonchev–Trinajstić information content (AvgIpc) is 2.75. The molecule has 5 nitrogen and oxygen atoms in total.